The van der Waals surface area contributed by atoms with E-state index in [-0.39, 0.29) is 17.8 Å². The van der Waals surface area contributed by atoms with Crippen molar-refractivity contribution in [1.82, 2.24) is 4.90 Å². The number of methoxy groups -OCH3 is 1. The molecular weight excluding hydrogens is 306 g/mol. The molecule has 1 fully saturated rings. The Hall–Kier alpha value is -2.04. The number of hydrogen-bond acceptors (Lipinski definition) is 4. The summed E-state index contributed by atoms with van der Waals surface area (Å²) in [5.74, 6) is 0.532. The van der Waals surface area contributed by atoms with Crippen LogP contribution in [0.25, 0.3) is 0 Å². The number of esters is 1. The summed E-state index contributed by atoms with van der Waals surface area (Å²) in [6.07, 6.45) is 3.78. The minimum atomic E-state index is -0.216. The second-order valence-electron chi connectivity index (χ2n) is 6.15. The van der Waals surface area contributed by atoms with E-state index in [1.165, 1.54) is 12.7 Å². The van der Waals surface area contributed by atoms with Crippen molar-refractivity contribution in [3.8, 4) is 5.75 Å². The van der Waals surface area contributed by atoms with Gasteiger partial charge in [0.15, 0.2) is 0 Å². The van der Waals surface area contributed by atoms with Crippen molar-refractivity contribution in [2.45, 2.75) is 39.0 Å². The number of benzene rings is 1. The third-order valence-electron chi connectivity index (χ3n) is 4.44. The fourth-order valence-electron chi connectivity index (χ4n) is 2.96. The zero-order chi connectivity index (χ0) is 17.4. The Morgan fingerprint density at radius 2 is 2.00 bits per heavy atom. The Morgan fingerprint density at radius 1 is 1.25 bits per heavy atom. The number of nitrogens with zero attached hydrogens (tertiary/aromatic N) is 1. The third-order valence-corrected chi connectivity index (χ3v) is 4.44. The van der Waals surface area contributed by atoms with Crippen LogP contribution in [0.1, 0.15) is 38.2 Å². The number of aryl methyl sites for hydroxylation is 1. The van der Waals surface area contributed by atoms with E-state index >= 15 is 0 Å². The summed E-state index contributed by atoms with van der Waals surface area (Å²) in [6, 6.07) is 8.04. The lowest BCUT2D eigenvalue weighted by molar-refractivity contribution is -0.149. The number of ether oxygens (including phenoxy) is 2. The summed E-state index contributed by atoms with van der Waals surface area (Å²) in [5.41, 5.74) is 1.28. The zero-order valence-electron chi connectivity index (χ0n) is 14.6. The molecule has 1 heterocycles. The van der Waals surface area contributed by atoms with E-state index in [2.05, 4.69) is 19.1 Å². The number of carbonyl (C=O) groups excluding carboxylic acids is 2. The van der Waals surface area contributed by atoms with Crippen molar-refractivity contribution >= 4 is 11.9 Å². The van der Waals surface area contributed by atoms with Crippen molar-refractivity contribution < 1.29 is 19.1 Å². The van der Waals surface area contributed by atoms with Crippen LogP contribution in [0.3, 0.4) is 0 Å². The van der Waals surface area contributed by atoms with Crippen molar-refractivity contribution in [3.05, 3.63) is 29.8 Å². The molecule has 0 aromatic heterocycles. The van der Waals surface area contributed by atoms with Gasteiger partial charge in [-0.1, -0.05) is 19.1 Å². The molecule has 1 aromatic rings. The highest BCUT2D eigenvalue weighted by Gasteiger charge is 2.28. The van der Waals surface area contributed by atoms with Crippen LogP contribution in [0.15, 0.2) is 24.3 Å². The lowest BCUT2D eigenvalue weighted by Crippen LogP contribution is -2.42. The Kier molecular flexibility index (Phi) is 7.09. The molecule has 132 valence electrons. The smallest absolute Gasteiger partial charge is 0.310 e. The van der Waals surface area contributed by atoms with Gasteiger partial charge < -0.3 is 14.4 Å². The van der Waals surface area contributed by atoms with E-state index < -0.39 is 0 Å². The molecule has 0 aliphatic carbocycles. The molecule has 2 rings (SSSR count). The van der Waals surface area contributed by atoms with Gasteiger partial charge in [-0.05, 0) is 43.4 Å². The zero-order valence-corrected chi connectivity index (χ0v) is 14.6. The van der Waals surface area contributed by atoms with E-state index in [9.17, 15) is 9.59 Å². The minimum Gasteiger partial charge on any atom is -0.494 e. The fourth-order valence-corrected chi connectivity index (χ4v) is 2.96. The topological polar surface area (TPSA) is 55.8 Å². The monoisotopic (exact) mass is 333 g/mol. The molecular formula is C19H27NO4. The van der Waals surface area contributed by atoms with Gasteiger partial charge in [-0.15, -0.1) is 0 Å². The van der Waals surface area contributed by atoms with Crippen LogP contribution in [0.4, 0.5) is 0 Å². The average Bonchev–Trinajstić information content (AvgIpc) is 2.65. The normalized spacial score (nSPS) is 17.4. The molecule has 0 saturated carbocycles. The maximum absolute atomic E-state index is 12.3. The van der Waals surface area contributed by atoms with Crippen molar-refractivity contribution in [2.75, 3.05) is 26.8 Å². The van der Waals surface area contributed by atoms with Crippen molar-refractivity contribution in [2.24, 2.45) is 5.92 Å². The summed E-state index contributed by atoms with van der Waals surface area (Å²) >= 11 is 0. The number of rotatable bonds is 7. The van der Waals surface area contributed by atoms with Crippen LogP contribution in [0, 0.1) is 5.92 Å². The van der Waals surface area contributed by atoms with Gasteiger partial charge in [-0.2, -0.15) is 0 Å². The first-order chi connectivity index (χ1) is 11.6. The van der Waals surface area contributed by atoms with E-state index in [4.69, 9.17) is 9.47 Å². The summed E-state index contributed by atoms with van der Waals surface area (Å²) in [7, 11) is 1.40. The van der Waals surface area contributed by atoms with Crippen LogP contribution >= 0.6 is 0 Å². The van der Waals surface area contributed by atoms with Crippen LogP contribution in [-0.2, 0) is 20.7 Å². The quantitative estimate of drug-likeness (QED) is 0.569. The molecule has 5 nitrogen and oxygen atoms in total. The molecule has 1 aliphatic heterocycles. The summed E-state index contributed by atoms with van der Waals surface area (Å²) in [5, 5.41) is 0. The van der Waals surface area contributed by atoms with Crippen molar-refractivity contribution in [3.63, 3.8) is 0 Å². The number of amides is 1. The molecule has 24 heavy (non-hydrogen) atoms. The van der Waals surface area contributed by atoms with Gasteiger partial charge in [0.1, 0.15) is 5.75 Å². The highest BCUT2D eigenvalue weighted by atomic mass is 16.5. The molecule has 1 aromatic carbocycles. The van der Waals surface area contributed by atoms with Crippen LogP contribution in [-0.4, -0.2) is 43.6 Å². The molecule has 0 radical (unpaired) electrons. The Morgan fingerprint density at radius 3 is 2.67 bits per heavy atom. The molecule has 0 bridgehead atoms. The van der Waals surface area contributed by atoms with Gasteiger partial charge in [-0.25, -0.2) is 0 Å². The van der Waals surface area contributed by atoms with Gasteiger partial charge in [0.2, 0.25) is 5.91 Å². The lowest BCUT2D eigenvalue weighted by Gasteiger charge is -2.31. The van der Waals surface area contributed by atoms with Gasteiger partial charge in [0.05, 0.1) is 19.6 Å². The summed E-state index contributed by atoms with van der Waals surface area (Å²) < 4.78 is 10.5. The first-order valence-electron chi connectivity index (χ1n) is 8.71. The van der Waals surface area contributed by atoms with Crippen molar-refractivity contribution in [1.29, 1.82) is 0 Å². The van der Waals surface area contributed by atoms with E-state index in [0.717, 1.165) is 31.6 Å². The maximum atomic E-state index is 12.3. The molecule has 0 N–H and O–H groups in total. The van der Waals surface area contributed by atoms with Crippen LogP contribution < -0.4 is 4.74 Å². The number of piperidine rings is 1. The van der Waals surface area contributed by atoms with Crippen LogP contribution in [0.5, 0.6) is 5.75 Å². The van der Waals surface area contributed by atoms with E-state index in [0.29, 0.717) is 26.0 Å². The van der Waals surface area contributed by atoms with Gasteiger partial charge in [0, 0.05) is 19.5 Å². The second-order valence-corrected chi connectivity index (χ2v) is 6.15. The standard InChI is InChI=1S/C19H27NO4/c1-3-15-8-10-17(11-9-15)24-13-5-7-18(21)20-12-4-6-16(14-20)19(22)23-2/h8-11,16H,3-7,12-14H2,1-2H3. The Labute approximate surface area is 143 Å². The molecule has 1 aliphatic rings. The molecule has 1 atom stereocenters. The minimum absolute atomic E-state index is 0.0912. The highest BCUT2D eigenvalue weighted by molar-refractivity contribution is 5.78. The Bertz CT molecular complexity index is 541. The summed E-state index contributed by atoms with van der Waals surface area (Å²) in [4.78, 5) is 25.7. The molecule has 5 heteroatoms. The fraction of sp³-hybridized carbons (Fsp3) is 0.579. The van der Waals surface area contributed by atoms with Gasteiger partial charge >= 0.3 is 5.97 Å². The molecule has 1 unspecified atom stereocenters. The predicted molar refractivity (Wildman–Crippen MR) is 91.9 cm³/mol. The second kappa shape index (κ2) is 9.30. The molecule has 0 spiro atoms. The van der Waals surface area contributed by atoms with Gasteiger partial charge in [-0.3, -0.25) is 9.59 Å². The largest absolute Gasteiger partial charge is 0.494 e. The van der Waals surface area contributed by atoms with Gasteiger partial charge in [0.25, 0.3) is 0 Å². The number of likely N-dealkylation sites (tertiary alicyclic amines) is 1. The van der Waals surface area contributed by atoms with E-state index in [1.807, 2.05) is 12.1 Å². The first kappa shape index (κ1) is 18.3. The molecule has 1 saturated heterocycles. The maximum Gasteiger partial charge on any atom is 0.310 e. The third kappa shape index (κ3) is 5.25. The SMILES string of the molecule is CCc1ccc(OCCCC(=O)N2CCCC(C(=O)OC)C2)cc1. The Balaban J connectivity index is 1.69. The molecule has 1 amide bonds. The lowest BCUT2D eigenvalue weighted by atomic mass is 9.98. The average molecular weight is 333 g/mol. The van der Waals surface area contributed by atoms with E-state index in [1.54, 1.807) is 4.90 Å². The predicted octanol–water partition coefficient (Wildman–Crippen LogP) is 2.82. The first-order valence-corrected chi connectivity index (χ1v) is 8.71. The highest BCUT2D eigenvalue weighted by Crippen LogP contribution is 2.19. The summed E-state index contributed by atoms with van der Waals surface area (Å²) in [6.45, 7) is 3.84. The van der Waals surface area contributed by atoms with Crippen LogP contribution in [0.2, 0.25) is 0 Å². The number of hydrogen-bond donors (Lipinski definition) is 0. The number of carbonyl (C=O) groups is 2.